The number of rotatable bonds is 12. The fraction of sp³-hybridized carbons (Fsp3) is 0.150. The molecule has 0 aromatic heterocycles. The predicted octanol–water partition coefficient (Wildman–Crippen LogP) is 6.82. The van der Waals surface area contributed by atoms with Crippen molar-refractivity contribution in [3.63, 3.8) is 0 Å². The molecule has 2 heterocycles. The standard InChI is InChI=1S/C40H30O10S/c41-39(29-3-1-27-19-33(7-5-25(27)17-29)45-21-35-23-47-35)49-31-9-13-37(14-10-31)51(43,44)38-15-11-32(12-16-38)50-40(42)30-4-2-28-20-34(8-6-26(28)18-30)46-22-36-24-48-36/h1-20,35-36H,21-24H2. The van der Waals surface area contributed by atoms with Crippen LogP contribution in [-0.2, 0) is 19.3 Å². The number of carbonyl (C=O) groups is 2. The molecule has 8 rings (SSSR count). The van der Waals surface area contributed by atoms with Crippen LogP contribution in [0.25, 0.3) is 21.5 Å². The maximum atomic E-state index is 13.3. The second-order valence-electron chi connectivity index (χ2n) is 12.2. The summed E-state index contributed by atoms with van der Waals surface area (Å²) in [4.78, 5) is 25.8. The minimum absolute atomic E-state index is 0.00890. The Hall–Kier alpha value is -5.75. The quantitative estimate of drug-likeness (QED) is 0.0761. The van der Waals surface area contributed by atoms with Crippen LogP contribution in [0.15, 0.2) is 131 Å². The summed E-state index contributed by atoms with van der Waals surface area (Å²) in [6, 6.07) is 32.8. The third kappa shape index (κ3) is 7.56. The largest absolute Gasteiger partial charge is 0.491 e. The Balaban J connectivity index is 0.881. The number of epoxide rings is 2. The molecule has 0 amide bonds. The molecule has 6 aromatic rings. The van der Waals surface area contributed by atoms with E-state index < -0.39 is 21.8 Å². The Labute approximate surface area is 293 Å². The zero-order chi connectivity index (χ0) is 35.0. The Morgan fingerprint density at radius 1 is 0.510 bits per heavy atom. The fourth-order valence-electron chi connectivity index (χ4n) is 5.43. The lowest BCUT2D eigenvalue weighted by Crippen LogP contribution is -2.09. The van der Waals surface area contributed by atoms with E-state index in [1.165, 1.54) is 48.5 Å². The van der Waals surface area contributed by atoms with Gasteiger partial charge in [0.2, 0.25) is 9.84 Å². The monoisotopic (exact) mass is 702 g/mol. The van der Waals surface area contributed by atoms with E-state index in [0.717, 1.165) is 46.3 Å². The third-order valence-corrected chi connectivity index (χ3v) is 10.2. The lowest BCUT2D eigenvalue weighted by molar-refractivity contribution is 0.0725. The van der Waals surface area contributed by atoms with Crippen LogP contribution in [0.4, 0.5) is 0 Å². The van der Waals surface area contributed by atoms with Gasteiger partial charge in [-0.2, -0.15) is 0 Å². The van der Waals surface area contributed by atoms with E-state index in [-0.39, 0.29) is 33.5 Å². The maximum Gasteiger partial charge on any atom is 0.343 e. The van der Waals surface area contributed by atoms with E-state index >= 15 is 0 Å². The molecule has 0 bridgehead atoms. The summed E-state index contributed by atoms with van der Waals surface area (Å²) in [5.74, 6) is 0.677. The number of hydrogen-bond acceptors (Lipinski definition) is 10. The van der Waals surface area contributed by atoms with Gasteiger partial charge < -0.3 is 28.4 Å². The van der Waals surface area contributed by atoms with Crippen molar-refractivity contribution in [2.45, 2.75) is 22.0 Å². The Morgan fingerprint density at radius 3 is 1.25 bits per heavy atom. The molecule has 51 heavy (non-hydrogen) atoms. The molecule has 0 radical (unpaired) electrons. The summed E-state index contributed by atoms with van der Waals surface area (Å²) >= 11 is 0. The van der Waals surface area contributed by atoms with E-state index in [1.54, 1.807) is 24.3 Å². The summed E-state index contributed by atoms with van der Waals surface area (Å²) < 4.78 is 59.6. The van der Waals surface area contributed by atoms with Crippen molar-refractivity contribution in [2.75, 3.05) is 26.4 Å². The SMILES string of the molecule is O=C(Oc1ccc(S(=O)(=O)c2ccc(OC(=O)c3ccc4cc(OCC5CO5)ccc4c3)cc2)cc1)c1ccc2cc(OCC3CO3)ccc2c1. The number of carbonyl (C=O) groups excluding carboxylic acids is 2. The van der Waals surface area contributed by atoms with Crippen LogP contribution in [0, 0.1) is 0 Å². The first-order valence-corrected chi connectivity index (χ1v) is 17.7. The van der Waals surface area contributed by atoms with Gasteiger partial charge in [0, 0.05) is 0 Å². The molecule has 0 N–H and O–H groups in total. The first-order chi connectivity index (χ1) is 24.8. The second-order valence-corrected chi connectivity index (χ2v) is 14.2. The summed E-state index contributed by atoms with van der Waals surface area (Å²) in [6.45, 7) is 2.44. The second kappa shape index (κ2) is 13.5. The van der Waals surface area contributed by atoms with E-state index in [9.17, 15) is 18.0 Å². The zero-order valence-corrected chi connectivity index (χ0v) is 27.8. The van der Waals surface area contributed by atoms with Crippen molar-refractivity contribution in [3.8, 4) is 23.0 Å². The van der Waals surface area contributed by atoms with Crippen LogP contribution in [0.1, 0.15) is 20.7 Å². The molecule has 256 valence electrons. The Kier molecular flexibility index (Phi) is 8.60. The van der Waals surface area contributed by atoms with Gasteiger partial charge >= 0.3 is 11.9 Å². The van der Waals surface area contributed by atoms with Crippen LogP contribution in [0.3, 0.4) is 0 Å². The van der Waals surface area contributed by atoms with Crippen molar-refractivity contribution >= 4 is 43.3 Å². The van der Waals surface area contributed by atoms with Crippen molar-refractivity contribution in [1.29, 1.82) is 0 Å². The lowest BCUT2D eigenvalue weighted by atomic mass is 10.1. The van der Waals surface area contributed by atoms with Crippen molar-refractivity contribution in [1.82, 2.24) is 0 Å². The molecule has 2 fully saturated rings. The average molecular weight is 703 g/mol. The average Bonchev–Trinajstić information content (AvgIpc) is 4.09. The first kappa shape index (κ1) is 32.5. The molecule has 2 unspecified atom stereocenters. The van der Waals surface area contributed by atoms with Crippen LogP contribution in [0.5, 0.6) is 23.0 Å². The number of sulfone groups is 1. The highest BCUT2D eigenvalue weighted by Crippen LogP contribution is 2.28. The van der Waals surface area contributed by atoms with Gasteiger partial charge in [0.05, 0.1) is 34.1 Å². The highest BCUT2D eigenvalue weighted by molar-refractivity contribution is 7.91. The van der Waals surface area contributed by atoms with Gasteiger partial charge in [0.1, 0.15) is 48.4 Å². The normalized spacial score (nSPS) is 16.4. The molecule has 10 nitrogen and oxygen atoms in total. The molecular weight excluding hydrogens is 672 g/mol. The molecule has 2 aliphatic rings. The van der Waals surface area contributed by atoms with E-state index in [2.05, 4.69) is 0 Å². The van der Waals surface area contributed by atoms with Crippen molar-refractivity contribution < 1.29 is 46.4 Å². The highest BCUT2D eigenvalue weighted by Gasteiger charge is 2.24. The third-order valence-electron chi connectivity index (χ3n) is 8.46. The number of fused-ring (bicyclic) bond motifs is 2. The van der Waals surface area contributed by atoms with Gasteiger partial charge in [-0.3, -0.25) is 0 Å². The minimum Gasteiger partial charge on any atom is -0.491 e. The Bertz CT molecular complexity index is 2220. The maximum absolute atomic E-state index is 13.3. The van der Waals surface area contributed by atoms with Crippen molar-refractivity contribution in [3.05, 3.63) is 132 Å². The molecule has 2 saturated heterocycles. The Morgan fingerprint density at radius 2 is 0.863 bits per heavy atom. The molecule has 2 aliphatic heterocycles. The molecule has 6 aromatic carbocycles. The van der Waals surface area contributed by atoms with Gasteiger partial charge in [-0.15, -0.1) is 0 Å². The smallest absolute Gasteiger partial charge is 0.343 e. The van der Waals surface area contributed by atoms with Crippen LogP contribution in [-0.4, -0.2) is 59.0 Å². The lowest BCUT2D eigenvalue weighted by Gasteiger charge is -2.10. The van der Waals surface area contributed by atoms with E-state index in [0.29, 0.717) is 24.3 Å². The van der Waals surface area contributed by atoms with Gasteiger partial charge in [-0.05, 0) is 119 Å². The summed E-state index contributed by atoms with van der Waals surface area (Å²) in [6.07, 6.45) is 0.313. The minimum atomic E-state index is -3.92. The van der Waals surface area contributed by atoms with Gasteiger partial charge in [0.25, 0.3) is 0 Å². The van der Waals surface area contributed by atoms with Gasteiger partial charge in [0.15, 0.2) is 0 Å². The summed E-state index contributed by atoms with van der Waals surface area (Å²) in [5.41, 5.74) is 0.694. The summed E-state index contributed by atoms with van der Waals surface area (Å²) in [5, 5.41) is 3.50. The van der Waals surface area contributed by atoms with Gasteiger partial charge in [-0.1, -0.05) is 24.3 Å². The number of benzene rings is 6. The molecule has 0 aliphatic carbocycles. The highest BCUT2D eigenvalue weighted by atomic mass is 32.2. The van der Waals surface area contributed by atoms with Crippen LogP contribution in [0.2, 0.25) is 0 Å². The topological polar surface area (TPSA) is 130 Å². The van der Waals surface area contributed by atoms with E-state index in [1.807, 2.05) is 48.5 Å². The van der Waals surface area contributed by atoms with E-state index in [4.69, 9.17) is 28.4 Å². The molecule has 11 heteroatoms. The molecular formula is C40H30O10S. The van der Waals surface area contributed by atoms with Crippen molar-refractivity contribution in [2.24, 2.45) is 0 Å². The van der Waals surface area contributed by atoms with Gasteiger partial charge in [-0.25, -0.2) is 18.0 Å². The molecule has 0 saturated carbocycles. The number of hydrogen-bond donors (Lipinski definition) is 0. The molecule has 2 atom stereocenters. The van der Waals surface area contributed by atoms with Crippen LogP contribution >= 0.6 is 0 Å². The molecule has 0 spiro atoms. The number of esters is 2. The first-order valence-electron chi connectivity index (χ1n) is 16.2. The number of ether oxygens (including phenoxy) is 6. The van der Waals surface area contributed by atoms with Crippen LogP contribution < -0.4 is 18.9 Å². The predicted molar refractivity (Wildman–Crippen MR) is 187 cm³/mol. The summed E-state index contributed by atoms with van der Waals surface area (Å²) in [7, 11) is -3.92. The zero-order valence-electron chi connectivity index (χ0n) is 27.0. The fourth-order valence-corrected chi connectivity index (χ4v) is 6.69.